The van der Waals surface area contributed by atoms with E-state index in [-0.39, 0.29) is 29.0 Å². The summed E-state index contributed by atoms with van der Waals surface area (Å²) in [7, 11) is 1.73. The Morgan fingerprint density at radius 1 is 1.16 bits per heavy atom. The van der Waals surface area contributed by atoms with Crippen LogP contribution >= 0.6 is 0 Å². The second-order valence-electron chi connectivity index (χ2n) is 11.1. The molecule has 6 rings (SSSR count). The number of fused-ring (bicyclic) bond motifs is 3. The van der Waals surface area contributed by atoms with Crippen molar-refractivity contribution in [1.82, 2.24) is 4.90 Å². The summed E-state index contributed by atoms with van der Waals surface area (Å²) < 4.78 is 17.6. The predicted molar refractivity (Wildman–Crippen MR) is 122 cm³/mol. The minimum Gasteiger partial charge on any atom is -0.495 e. The van der Waals surface area contributed by atoms with E-state index in [2.05, 4.69) is 28.9 Å². The van der Waals surface area contributed by atoms with Gasteiger partial charge in [0.05, 0.1) is 30.9 Å². The molecule has 32 heavy (non-hydrogen) atoms. The zero-order chi connectivity index (χ0) is 21.9. The molecule has 3 saturated heterocycles. The number of para-hydroxylation sites is 2. The molecule has 0 radical (unpaired) electrons. The molecule has 5 aliphatic rings. The van der Waals surface area contributed by atoms with Gasteiger partial charge >= 0.3 is 5.97 Å². The summed E-state index contributed by atoms with van der Waals surface area (Å²) in [5.74, 6) is 1.92. The maximum Gasteiger partial charge on any atom is 0.310 e. The van der Waals surface area contributed by atoms with Gasteiger partial charge in [0, 0.05) is 38.6 Å². The van der Waals surface area contributed by atoms with Crippen molar-refractivity contribution < 1.29 is 19.0 Å². The van der Waals surface area contributed by atoms with Crippen molar-refractivity contribution in [2.75, 3.05) is 51.3 Å². The van der Waals surface area contributed by atoms with Gasteiger partial charge in [0.15, 0.2) is 0 Å². The van der Waals surface area contributed by atoms with Gasteiger partial charge in [0.25, 0.3) is 0 Å². The zero-order valence-electron chi connectivity index (χ0n) is 19.4. The highest BCUT2D eigenvalue weighted by Gasteiger charge is 2.65. The normalized spacial score (nSPS) is 41.2. The number of epoxide rings is 1. The summed E-state index contributed by atoms with van der Waals surface area (Å²) in [6, 6.07) is 8.23. The number of methoxy groups -OCH3 is 1. The molecule has 6 nitrogen and oxygen atoms in total. The third-order valence-electron chi connectivity index (χ3n) is 9.33. The van der Waals surface area contributed by atoms with E-state index in [1.165, 1.54) is 19.3 Å². The van der Waals surface area contributed by atoms with Crippen LogP contribution in [-0.4, -0.2) is 69.0 Å². The third-order valence-corrected chi connectivity index (χ3v) is 9.33. The van der Waals surface area contributed by atoms with E-state index in [0.717, 1.165) is 63.6 Å². The van der Waals surface area contributed by atoms with Crippen LogP contribution in [0, 0.1) is 23.2 Å². The summed E-state index contributed by atoms with van der Waals surface area (Å²) in [4.78, 5) is 17.8. The molecule has 2 saturated carbocycles. The monoisotopic (exact) mass is 440 g/mol. The Morgan fingerprint density at radius 3 is 2.69 bits per heavy atom. The number of nitrogens with zero attached hydrogens (tertiary/aromatic N) is 2. The van der Waals surface area contributed by atoms with Crippen LogP contribution in [0.15, 0.2) is 24.3 Å². The molecule has 1 aromatic rings. The number of carbonyl (C=O) groups excluding carboxylic acids is 1. The molecule has 0 aromatic heterocycles. The summed E-state index contributed by atoms with van der Waals surface area (Å²) in [5.41, 5.74) is 1.55. The average Bonchev–Trinajstić information content (AvgIpc) is 3.51. The second-order valence-corrected chi connectivity index (χ2v) is 11.1. The van der Waals surface area contributed by atoms with Crippen LogP contribution < -0.4 is 9.64 Å². The molecule has 1 aromatic carbocycles. The number of anilines is 1. The van der Waals surface area contributed by atoms with Gasteiger partial charge in [-0.1, -0.05) is 19.1 Å². The molecule has 6 atom stereocenters. The molecule has 0 N–H and O–H groups in total. The van der Waals surface area contributed by atoms with E-state index in [1.54, 1.807) is 7.11 Å². The Balaban J connectivity index is 1.12. The molecule has 0 amide bonds. The fourth-order valence-corrected chi connectivity index (χ4v) is 7.51. The van der Waals surface area contributed by atoms with Crippen molar-refractivity contribution in [3.63, 3.8) is 0 Å². The van der Waals surface area contributed by atoms with Gasteiger partial charge in [-0.25, -0.2) is 0 Å². The Kier molecular flexibility index (Phi) is 4.95. The first kappa shape index (κ1) is 20.8. The number of esters is 1. The molecule has 2 aliphatic carbocycles. The number of carbonyl (C=O) groups is 1. The summed E-state index contributed by atoms with van der Waals surface area (Å²) in [5, 5.41) is 0. The number of benzene rings is 1. The van der Waals surface area contributed by atoms with Crippen molar-refractivity contribution in [2.45, 2.75) is 50.7 Å². The lowest BCUT2D eigenvalue weighted by atomic mass is 9.53. The number of hydrogen-bond acceptors (Lipinski definition) is 6. The molecule has 0 bridgehead atoms. The van der Waals surface area contributed by atoms with Crippen LogP contribution in [-0.2, 0) is 14.3 Å². The molecule has 3 heterocycles. The van der Waals surface area contributed by atoms with Gasteiger partial charge in [-0.05, 0) is 55.6 Å². The topological polar surface area (TPSA) is 54.5 Å². The van der Waals surface area contributed by atoms with E-state index in [1.807, 2.05) is 12.1 Å². The number of piperazine rings is 1. The van der Waals surface area contributed by atoms with E-state index < -0.39 is 0 Å². The molecule has 5 fully saturated rings. The SMILES string of the molecule is COc1ccccc1N1CCN(C[C@@H]2C(=O)O[C@@H]3C[C@@]4(C)CCC[C@]5(CO5)[C@@H]4C[C@H]23)CC1. The van der Waals surface area contributed by atoms with Crippen molar-refractivity contribution in [3.05, 3.63) is 24.3 Å². The van der Waals surface area contributed by atoms with E-state index >= 15 is 0 Å². The van der Waals surface area contributed by atoms with Crippen molar-refractivity contribution >= 4 is 11.7 Å². The van der Waals surface area contributed by atoms with E-state index in [0.29, 0.717) is 11.8 Å². The lowest BCUT2D eigenvalue weighted by Gasteiger charge is -2.51. The van der Waals surface area contributed by atoms with Crippen LogP contribution in [0.5, 0.6) is 5.75 Å². The van der Waals surface area contributed by atoms with Crippen LogP contribution in [0.3, 0.4) is 0 Å². The quantitative estimate of drug-likeness (QED) is 0.529. The average molecular weight is 441 g/mol. The highest BCUT2D eigenvalue weighted by Crippen LogP contribution is 2.62. The van der Waals surface area contributed by atoms with Gasteiger partial charge < -0.3 is 19.1 Å². The second kappa shape index (κ2) is 7.63. The minimum atomic E-state index is 0.0140. The lowest BCUT2D eigenvalue weighted by molar-refractivity contribution is -0.147. The first-order valence-corrected chi connectivity index (χ1v) is 12.5. The van der Waals surface area contributed by atoms with Gasteiger partial charge in [0.1, 0.15) is 11.9 Å². The molecular weight excluding hydrogens is 404 g/mol. The molecule has 6 heteroatoms. The summed E-state index contributed by atoms with van der Waals surface area (Å²) in [6.45, 7) is 8.02. The van der Waals surface area contributed by atoms with Gasteiger partial charge in [0.2, 0.25) is 0 Å². The van der Waals surface area contributed by atoms with Crippen LogP contribution in [0.4, 0.5) is 5.69 Å². The largest absolute Gasteiger partial charge is 0.495 e. The highest BCUT2D eigenvalue weighted by atomic mass is 16.6. The lowest BCUT2D eigenvalue weighted by Crippen LogP contribution is -2.52. The van der Waals surface area contributed by atoms with Crippen LogP contribution in [0.1, 0.15) is 39.0 Å². The summed E-state index contributed by atoms with van der Waals surface area (Å²) >= 11 is 0. The molecule has 1 spiro atoms. The molecule has 3 aliphatic heterocycles. The highest BCUT2D eigenvalue weighted by molar-refractivity contribution is 5.75. The zero-order valence-corrected chi connectivity index (χ0v) is 19.4. The van der Waals surface area contributed by atoms with Gasteiger partial charge in [-0.15, -0.1) is 0 Å². The number of ether oxygens (including phenoxy) is 3. The molecule has 174 valence electrons. The Labute approximate surface area is 191 Å². The van der Waals surface area contributed by atoms with Gasteiger partial charge in [-0.3, -0.25) is 9.69 Å². The fraction of sp³-hybridized carbons (Fsp3) is 0.731. The van der Waals surface area contributed by atoms with Crippen LogP contribution in [0.2, 0.25) is 0 Å². The Morgan fingerprint density at radius 2 is 1.94 bits per heavy atom. The van der Waals surface area contributed by atoms with Crippen molar-refractivity contribution in [2.24, 2.45) is 23.2 Å². The van der Waals surface area contributed by atoms with Crippen molar-refractivity contribution in [1.29, 1.82) is 0 Å². The van der Waals surface area contributed by atoms with Crippen LogP contribution in [0.25, 0.3) is 0 Å². The fourth-order valence-electron chi connectivity index (χ4n) is 7.51. The smallest absolute Gasteiger partial charge is 0.310 e. The molecular formula is C26H36N2O4. The first-order chi connectivity index (χ1) is 15.5. The maximum atomic E-state index is 13.0. The standard InChI is InChI=1S/C26H36N2O4/c1-25-8-5-9-26(17-31-26)23(25)14-18-19(24(29)32-22(18)15-25)16-27-10-12-28(13-11-27)20-6-3-4-7-21(20)30-2/h3-4,6-7,18-19,22-23H,5,8-17H2,1-2H3/t18-,19+,22-,23-,25-,26+/m1/s1. The van der Waals surface area contributed by atoms with Gasteiger partial charge in [-0.2, -0.15) is 0 Å². The summed E-state index contributed by atoms with van der Waals surface area (Å²) in [6.07, 6.45) is 5.93. The first-order valence-electron chi connectivity index (χ1n) is 12.5. The Bertz CT molecular complexity index is 878. The van der Waals surface area contributed by atoms with E-state index in [9.17, 15) is 4.79 Å². The van der Waals surface area contributed by atoms with E-state index in [4.69, 9.17) is 14.2 Å². The third kappa shape index (κ3) is 3.33. The molecule has 0 unspecified atom stereocenters. The maximum absolute atomic E-state index is 13.0. The Hall–Kier alpha value is -1.79. The van der Waals surface area contributed by atoms with Crippen molar-refractivity contribution in [3.8, 4) is 5.75 Å². The predicted octanol–water partition coefficient (Wildman–Crippen LogP) is 3.34. The number of rotatable bonds is 4. The number of hydrogen-bond donors (Lipinski definition) is 0. The minimum absolute atomic E-state index is 0.0140.